The number of anilines is 1. The Bertz CT molecular complexity index is 654. The van der Waals surface area contributed by atoms with Crippen molar-refractivity contribution in [3.63, 3.8) is 0 Å². The van der Waals surface area contributed by atoms with Crippen LogP contribution in [0.3, 0.4) is 0 Å². The van der Waals surface area contributed by atoms with Crippen LogP contribution in [0.4, 0.5) is 14.5 Å². The van der Waals surface area contributed by atoms with Crippen LogP contribution in [0.2, 0.25) is 0 Å². The Morgan fingerprint density at radius 2 is 1.76 bits per heavy atom. The van der Waals surface area contributed by atoms with Crippen molar-refractivity contribution in [1.82, 2.24) is 0 Å². The highest BCUT2D eigenvalue weighted by Gasteiger charge is 2.17. The monoisotopic (exact) mass is 293 g/mol. The van der Waals surface area contributed by atoms with E-state index in [2.05, 4.69) is 4.74 Å². The summed E-state index contributed by atoms with van der Waals surface area (Å²) < 4.78 is 36.7. The Kier molecular flexibility index (Phi) is 4.37. The van der Waals surface area contributed by atoms with E-state index in [9.17, 15) is 13.6 Å². The van der Waals surface area contributed by atoms with Crippen molar-refractivity contribution in [1.29, 1.82) is 0 Å². The molecule has 0 aliphatic carbocycles. The van der Waals surface area contributed by atoms with Crippen molar-refractivity contribution in [3.05, 3.63) is 59.2 Å². The molecule has 0 radical (unpaired) electrons. The van der Waals surface area contributed by atoms with Gasteiger partial charge in [0, 0.05) is 11.3 Å². The first-order valence-corrected chi connectivity index (χ1v) is 6.07. The molecule has 0 spiro atoms. The van der Waals surface area contributed by atoms with E-state index >= 15 is 0 Å². The molecular weight excluding hydrogens is 280 g/mol. The third-order valence-electron chi connectivity index (χ3n) is 2.86. The van der Waals surface area contributed by atoms with Gasteiger partial charge in [-0.2, -0.15) is 0 Å². The fourth-order valence-electron chi connectivity index (χ4n) is 1.86. The molecule has 0 bridgehead atoms. The average Bonchev–Trinajstić information content (AvgIpc) is 2.46. The van der Waals surface area contributed by atoms with Gasteiger partial charge in [0.15, 0.2) is 17.4 Å². The van der Waals surface area contributed by atoms with Crippen LogP contribution in [0.5, 0.6) is 5.75 Å². The first kappa shape index (κ1) is 14.8. The normalized spacial score (nSPS) is 10.2. The molecule has 2 rings (SSSR count). The molecule has 2 aromatic carbocycles. The number of halogens is 2. The zero-order valence-corrected chi connectivity index (χ0v) is 11.2. The number of esters is 1. The van der Waals surface area contributed by atoms with Gasteiger partial charge in [0.05, 0.1) is 12.7 Å². The van der Waals surface area contributed by atoms with Crippen LogP contribution in [-0.4, -0.2) is 13.1 Å². The molecule has 0 aliphatic rings. The van der Waals surface area contributed by atoms with Crippen molar-refractivity contribution in [3.8, 4) is 5.75 Å². The highest BCUT2D eigenvalue weighted by atomic mass is 19.1. The summed E-state index contributed by atoms with van der Waals surface area (Å²) in [7, 11) is 1.22. The second-order valence-corrected chi connectivity index (χ2v) is 4.21. The van der Waals surface area contributed by atoms with Gasteiger partial charge in [0.25, 0.3) is 0 Å². The first-order valence-electron chi connectivity index (χ1n) is 6.07. The maximum atomic E-state index is 13.5. The molecule has 0 saturated heterocycles. The molecule has 4 nitrogen and oxygen atoms in total. The standard InChI is InChI=1S/C15H13F2NO3/c1-20-15(19)13-9(4-2-7-12(13)18)8-21-14-10(16)5-3-6-11(14)17/h2-7H,8,18H2,1H3. The largest absolute Gasteiger partial charge is 0.483 e. The van der Waals surface area contributed by atoms with Gasteiger partial charge in [-0.05, 0) is 18.2 Å². The Morgan fingerprint density at radius 1 is 1.14 bits per heavy atom. The van der Waals surface area contributed by atoms with Crippen molar-refractivity contribution >= 4 is 11.7 Å². The lowest BCUT2D eigenvalue weighted by atomic mass is 10.1. The third kappa shape index (κ3) is 3.10. The van der Waals surface area contributed by atoms with Gasteiger partial charge in [-0.25, -0.2) is 13.6 Å². The number of methoxy groups -OCH3 is 1. The van der Waals surface area contributed by atoms with E-state index < -0.39 is 23.4 Å². The SMILES string of the molecule is COC(=O)c1c(N)cccc1COc1c(F)cccc1F. The second kappa shape index (κ2) is 6.21. The molecule has 0 aliphatic heterocycles. The minimum absolute atomic E-state index is 0.122. The third-order valence-corrected chi connectivity index (χ3v) is 2.86. The molecule has 21 heavy (non-hydrogen) atoms. The first-order chi connectivity index (χ1) is 10.0. The van der Waals surface area contributed by atoms with Gasteiger partial charge in [0.2, 0.25) is 0 Å². The van der Waals surface area contributed by atoms with E-state index in [1.165, 1.54) is 19.2 Å². The molecule has 0 saturated carbocycles. The molecule has 0 heterocycles. The molecule has 110 valence electrons. The Hall–Kier alpha value is -2.63. The molecule has 6 heteroatoms. The molecule has 0 fully saturated rings. The topological polar surface area (TPSA) is 61.5 Å². The van der Waals surface area contributed by atoms with E-state index in [0.717, 1.165) is 12.1 Å². The summed E-state index contributed by atoms with van der Waals surface area (Å²) in [5.74, 6) is -2.78. The number of carbonyl (C=O) groups is 1. The number of ether oxygens (including phenoxy) is 2. The van der Waals surface area contributed by atoms with E-state index in [4.69, 9.17) is 10.5 Å². The molecular formula is C15H13F2NO3. The second-order valence-electron chi connectivity index (χ2n) is 4.21. The van der Waals surface area contributed by atoms with Crippen molar-refractivity contribution in [2.24, 2.45) is 0 Å². The number of para-hydroxylation sites is 1. The summed E-state index contributed by atoms with van der Waals surface area (Å²) in [6.45, 7) is -0.215. The summed E-state index contributed by atoms with van der Waals surface area (Å²) in [6.07, 6.45) is 0. The average molecular weight is 293 g/mol. The Morgan fingerprint density at radius 3 is 2.38 bits per heavy atom. The minimum atomic E-state index is -0.821. The van der Waals surface area contributed by atoms with Gasteiger partial charge in [-0.1, -0.05) is 18.2 Å². The number of hydrogen-bond donors (Lipinski definition) is 1. The lowest BCUT2D eigenvalue weighted by Crippen LogP contribution is -2.11. The Balaban J connectivity index is 2.29. The minimum Gasteiger partial charge on any atom is -0.483 e. The van der Waals surface area contributed by atoms with Crippen molar-refractivity contribution in [2.45, 2.75) is 6.61 Å². The summed E-state index contributed by atoms with van der Waals surface area (Å²) >= 11 is 0. The van der Waals surface area contributed by atoms with Crippen LogP contribution in [0.1, 0.15) is 15.9 Å². The predicted molar refractivity (Wildman–Crippen MR) is 72.9 cm³/mol. The number of nitrogens with two attached hydrogens (primary N) is 1. The van der Waals surface area contributed by atoms with Crippen LogP contribution in [0.15, 0.2) is 36.4 Å². The highest BCUT2D eigenvalue weighted by molar-refractivity contribution is 5.96. The Labute approximate surface area is 120 Å². The van der Waals surface area contributed by atoms with Gasteiger partial charge in [-0.15, -0.1) is 0 Å². The highest BCUT2D eigenvalue weighted by Crippen LogP contribution is 2.24. The number of benzene rings is 2. The smallest absolute Gasteiger partial charge is 0.340 e. The lowest BCUT2D eigenvalue weighted by Gasteiger charge is -2.12. The van der Waals surface area contributed by atoms with Crippen molar-refractivity contribution in [2.75, 3.05) is 12.8 Å². The molecule has 2 N–H and O–H groups in total. The maximum Gasteiger partial charge on any atom is 0.340 e. The van der Waals surface area contributed by atoms with Gasteiger partial charge < -0.3 is 15.2 Å². The van der Waals surface area contributed by atoms with E-state index in [-0.39, 0.29) is 17.9 Å². The van der Waals surface area contributed by atoms with Crippen molar-refractivity contribution < 1.29 is 23.0 Å². The van der Waals surface area contributed by atoms with Gasteiger partial charge in [-0.3, -0.25) is 0 Å². The van der Waals surface area contributed by atoms with Gasteiger partial charge >= 0.3 is 5.97 Å². The number of nitrogen functional groups attached to an aromatic ring is 1. The lowest BCUT2D eigenvalue weighted by molar-refractivity contribution is 0.0599. The van der Waals surface area contributed by atoms with Crippen LogP contribution < -0.4 is 10.5 Å². The maximum absolute atomic E-state index is 13.5. The molecule has 0 amide bonds. The molecule has 0 atom stereocenters. The van der Waals surface area contributed by atoms with Crippen LogP contribution in [-0.2, 0) is 11.3 Å². The fourth-order valence-corrected chi connectivity index (χ4v) is 1.86. The summed E-state index contributed by atoms with van der Waals surface area (Å²) in [4.78, 5) is 11.7. The number of carbonyl (C=O) groups excluding carboxylic acids is 1. The summed E-state index contributed by atoms with van der Waals surface area (Å²) in [5.41, 5.74) is 6.43. The predicted octanol–water partition coefficient (Wildman–Crippen LogP) is 2.91. The molecule has 0 unspecified atom stereocenters. The number of rotatable bonds is 4. The van der Waals surface area contributed by atoms with E-state index in [0.29, 0.717) is 5.56 Å². The van der Waals surface area contributed by atoms with E-state index in [1.807, 2.05) is 0 Å². The fraction of sp³-hybridized carbons (Fsp3) is 0.133. The quantitative estimate of drug-likeness (QED) is 0.695. The van der Waals surface area contributed by atoms with Crippen LogP contribution in [0, 0.1) is 11.6 Å². The van der Waals surface area contributed by atoms with Crippen LogP contribution in [0.25, 0.3) is 0 Å². The zero-order valence-electron chi connectivity index (χ0n) is 11.2. The zero-order chi connectivity index (χ0) is 15.4. The summed E-state index contributed by atoms with van der Waals surface area (Å²) in [6, 6.07) is 8.11. The van der Waals surface area contributed by atoms with Crippen LogP contribution >= 0.6 is 0 Å². The summed E-state index contributed by atoms with van der Waals surface area (Å²) in [5, 5.41) is 0. The number of hydrogen-bond acceptors (Lipinski definition) is 4. The van der Waals surface area contributed by atoms with Gasteiger partial charge in [0.1, 0.15) is 6.61 Å². The molecule has 2 aromatic rings. The van der Waals surface area contributed by atoms with E-state index in [1.54, 1.807) is 12.1 Å². The molecule has 0 aromatic heterocycles.